The SMILES string of the molecule is CCCS(=O)(=O)N1CCCC(C(=O)NCCc2ccc(OC)cc2)C1. The molecule has 0 spiro atoms. The van der Waals surface area contributed by atoms with Crippen molar-refractivity contribution in [3.8, 4) is 5.75 Å². The van der Waals surface area contributed by atoms with E-state index >= 15 is 0 Å². The number of carbonyl (C=O) groups is 1. The minimum atomic E-state index is -3.23. The van der Waals surface area contributed by atoms with Gasteiger partial charge in [0.05, 0.1) is 18.8 Å². The maximum atomic E-state index is 12.4. The number of ether oxygens (including phenoxy) is 1. The first-order valence-corrected chi connectivity index (χ1v) is 10.5. The van der Waals surface area contributed by atoms with Crippen molar-refractivity contribution in [2.24, 2.45) is 5.92 Å². The lowest BCUT2D eigenvalue weighted by atomic mass is 9.99. The van der Waals surface area contributed by atoms with Gasteiger partial charge in [0.2, 0.25) is 15.9 Å². The van der Waals surface area contributed by atoms with Gasteiger partial charge in [-0.05, 0) is 43.4 Å². The van der Waals surface area contributed by atoms with Crippen molar-refractivity contribution in [3.63, 3.8) is 0 Å². The van der Waals surface area contributed by atoms with E-state index in [9.17, 15) is 13.2 Å². The van der Waals surface area contributed by atoms with Crippen molar-refractivity contribution >= 4 is 15.9 Å². The number of rotatable bonds is 8. The van der Waals surface area contributed by atoms with Gasteiger partial charge in [-0.25, -0.2) is 12.7 Å². The van der Waals surface area contributed by atoms with E-state index in [1.54, 1.807) is 7.11 Å². The first-order chi connectivity index (χ1) is 12.0. The summed E-state index contributed by atoms with van der Waals surface area (Å²) in [6.45, 7) is 3.23. The molecule has 6 nitrogen and oxygen atoms in total. The number of piperidine rings is 1. The number of hydrogen-bond acceptors (Lipinski definition) is 4. The second-order valence-electron chi connectivity index (χ2n) is 6.40. The summed E-state index contributed by atoms with van der Waals surface area (Å²) in [6.07, 6.45) is 2.81. The van der Waals surface area contributed by atoms with Crippen molar-refractivity contribution in [2.75, 3.05) is 32.5 Å². The van der Waals surface area contributed by atoms with Gasteiger partial charge < -0.3 is 10.1 Å². The largest absolute Gasteiger partial charge is 0.497 e. The lowest BCUT2D eigenvalue weighted by Gasteiger charge is -2.31. The number of sulfonamides is 1. The van der Waals surface area contributed by atoms with E-state index in [0.29, 0.717) is 26.1 Å². The van der Waals surface area contributed by atoms with Crippen molar-refractivity contribution in [1.29, 1.82) is 0 Å². The summed E-state index contributed by atoms with van der Waals surface area (Å²) >= 11 is 0. The molecule has 0 radical (unpaired) electrons. The molecule has 0 aromatic heterocycles. The number of nitrogens with zero attached hydrogens (tertiary/aromatic N) is 1. The Kier molecular flexibility index (Phi) is 7.25. The van der Waals surface area contributed by atoms with E-state index in [0.717, 1.165) is 30.6 Å². The van der Waals surface area contributed by atoms with Crippen LogP contribution in [0.4, 0.5) is 0 Å². The highest BCUT2D eigenvalue weighted by Crippen LogP contribution is 2.20. The molecule has 1 unspecified atom stereocenters. The Labute approximate surface area is 150 Å². The Hall–Kier alpha value is -1.60. The number of hydrogen-bond donors (Lipinski definition) is 1. The summed E-state index contributed by atoms with van der Waals surface area (Å²) in [7, 11) is -1.60. The molecule has 1 N–H and O–H groups in total. The zero-order valence-electron chi connectivity index (χ0n) is 15.0. The Bertz CT molecular complexity index is 658. The Morgan fingerprint density at radius 3 is 2.68 bits per heavy atom. The molecule has 1 aromatic rings. The molecule has 0 aliphatic carbocycles. The highest BCUT2D eigenvalue weighted by atomic mass is 32.2. The van der Waals surface area contributed by atoms with Crippen molar-refractivity contribution < 1.29 is 17.9 Å². The van der Waals surface area contributed by atoms with Crippen LogP contribution in [0.15, 0.2) is 24.3 Å². The Morgan fingerprint density at radius 1 is 1.32 bits per heavy atom. The van der Waals surface area contributed by atoms with Crippen molar-refractivity contribution in [2.45, 2.75) is 32.6 Å². The number of benzene rings is 1. The molecule has 1 aliphatic heterocycles. The normalized spacial score (nSPS) is 18.7. The molecule has 1 fully saturated rings. The van der Waals surface area contributed by atoms with Crippen LogP contribution in [-0.2, 0) is 21.2 Å². The van der Waals surface area contributed by atoms with Crippen LogP contribution in [-0.4, -0.2) is 51.1 Å². The van der Waals surface area contributed by atoms with Crippen LogP contribution in [0.25, 0.3) is 0 Å². The van der Waals surface area contributed by atoms with Gasteiger partial charge in [0.15, 0.2) is 0 Å². The molecule has 1 heterocycles. The second-order valence-corrected chi connectivity index (χ2v) is 8.49. The topological polar surface area (TPSA) is 75.7 Å². The van der Waals surface area contributed by atoms with Crippen LogP contribution in [0.2, 0.25) is 0 Å². The van der Waals surface area contributed by atoms with Gasteiger partial charge in [-0.3, -0.25) is 4.79 Å². The second kappa shape index (κ2) is 9.20. The highest BCUT2D eigenvalue weighted by molar-refractivity contribution is 7.89. The third-order valence-electron chi connectivity index (χ3n) is 4.48. The number of nitrogens with one attached hydrogen (secondary N) is 1. The monoisotopic (exact) mass is 368 g/mol. The molecular weight excluding hydrogens is 340 g/mol. The minimum Gasteiger partial charge on any atom is -0.497 e. The molecule has 1 atom stereocenters. The third kappa shape index (κ3) is 5.71. The summed E-state index contributed by atoms with van der Waals surface area (Å²) in [5, 5.41) is 2.94. The fourth-order valence-electron chi connectivity index (χ4n) is 3.06. The fraction of sp³-hybridized carbons (Fsp3) is 0.611. The maximum Gasteiger partial charge on any atom is 0.224 e. The number of amides is 1. The van der Waals surface area contributed by atoms with E-state index < -0.39 is 10.0 Å². The molecule has 0 saturated carbocycles. The van der Waals surface area contributed by atoms with E-state index in [1.165, 1.54) is 4.31 Å². The summed E-state index contributed by atoms with van der Waals surface area (Å²) in [5.74, 6) is 0.656. The lowest BCUT2D eigenvalue weighted by Crippen LogP contribution is -2.46. The fourth-order valence-corrected chi connectivity index (χ4v) is 4.65. The molecule has 1 aromatic carbocycles. The lowest BCUT2D eigenvalue weighted by molar-refractivity contribution is -0.126. The Balaban J connectivity index is 1.81. The summed E-state index contributed by atoms with van der Waals surface area (Å²) in [6, 6.07) is 7.75. The van der Waals surface area contributed by atoms with E-state index in [-0.39, 0.29) is 17.6 Å². The number of methoxy groups -OCH3 is 1. The Morgan fingerprint density at radius 2 is 2.04 bits per heavy atom. The first-order valence-electron chi connectivity index (χ1n) is 8.84. The maximum absolute atomic E-state index is 12.4. The van der Waals surface area contributed by atoms with Gasteiger partial charge in [-0.1, -0.05) is 19.1 Å². The van der Waals surface area contributed by atoms with Crippen LogP contribution >= 0.6 is 0 Å². The van der Waals surface area contributed by atoms with Crippen molar-refractivity contribution in [1.82, 2.24) is 9.62 Å². The molecule has 7 heteroatoms. The average molecular weight is 368 g/mol. The first kappa shape index (κ1) is 19.7. The smallest absolute Gasteiger partial charge is 0.224 e. The molecule has 1 aliphatic rings. The number of carbonyl (C=O) groups excluding carboxylic acids is 1. The molecule has 25 heavy (non-hydrogen) atoms. The van der Waals surface area contributed by atoms with Crippen LogP contribution in [0.3, 0.4) is 0 Å². The molecule has 2 rings (SSSR count). The van der Waals surface area contributed by atoms with Gasteiger partial charge in [0.25, 0.3) is 0 Å². The predicted octanol–water partition coefficient (Wildman–Crippen LogP) is 1.81. The molecule has 1 saturated heterocycles. The molecule has 140 valence electrons. The summed E-state index contributed by atoms with van der Waals surface area (Å²) < 4.78 is 31.0. The van der Waals surface area contributed by atoms with Crippen molar-refractivity contribution in [3.05, 3.63) is 29.8 Å². The quantitative estimate of drug-likeness (QED) is 0.759. The summed E-state index contributed by atoms with van der Waals surface area (Å²) in [5.41, 5.74) is 1.12. The van der Waals surface area contributed by atoms with E-state index in [2.05, 4.69) is 5.32 Å². The van der Waals surface area contributed by atoms with E-state index in [1.807, 2.05) is 31.2 Å². The van der Waals surface area contributed by atoms with Gasteiger partial charge in [-0.15, -0.1) is 0 Å². The van der Waals surface area contributed by atoms with Crippen LogP contribution in [0, 0.1) is 5.92 Å². The minimum absolute atomic E-state index is 0.0510. The molecule has 0 bridgehead atoms. The molecule has 1 amide bonds. The molecular formula is C18H28N2O4S. The van der Waals surface area contributed by atoms with Crippen LogP contribution in [0.5, 0.6) is 5.75 Å². The van der Waals surface area contributed by atoms with Crippen LogP contribution < -0.4 is 10.1 Å². The zero-order chi connectivity index (χ0) is 18.3. The van der Waals surface area contributed by atoms with Gasteiger partial charge in [0.1, 0.15) is 5.75 Å². The standard InChI is InChI=1S/C18H28N2O4S/c1-3-13-25(22,23)20-12-4-5-16(14-20)18(21)19-11-10-15-6-8-17(24-2)9-7-15/h6-9,16H,3-5,10-14H2,1-2H3,(H,19,21). The third-order valence-corrected chi connectivity index (χ3v) is 6.52. The van der Waals surface area contributed by atoms with Crippen LogP contribution in [0.1, 0.15) is 31.7 Å². The zero-order valence-corrected chi connectivity index (χ0v) is 15.8. The summed E-state index contributed by atoms with van der Waals surface area (Å²) in [4.78, 5) is 12.4. The van der Waals surface area contributed by atoms with Gasteiger partial charge >= 0.3 is 0 Å². The highest BCUT2D eigenvalue weighted by Gasteiger charge is 2.31. The predicted molar refractivity (Wildman–Crippen MR) is 98.1 cm³/mol. The van der Waals surface area contributed by atoms with Gasteiger partial charge in [0, 0.05) is 19.6 Å². The average Bonchev–Trinajstić information content (AvgIpc) is 2.62. The van der Waals surface area contributed by atoms with E-state index in [4.69, 9.17) is 4.74 Å². The van der Waals surface area contributed by atoms with Gasteiger partial charge in [-0.2, -0.15) is 0 Å².